The molecule has 2 fully saturated rings. The van der Waals surface area contributed by atoms with E-state index in [-0.39, 0.29) is 0 Å². The lowest BCUT2D eigenvalue weighted by Gasteiger charge is -2.46. The third kappa shape index (κ3) is 3.09. The van der Waals surface area contributed by atoms with Crippen molar-refractivity contribution in [2.45, 2.75) is 31.8 Å². The lowest BCUT2D eigenvalue weighted by Crippen LogP contribution is -2.59. The molecule has 0 aliphatic carbocycles. The maximum atomic E-state index is 4.80. The molecule has 3 heterocycles. The number of piperidine rings is 1. The molecular formula is C18H23N3S. The maximum Gasteiger partial charge on any atom is 0.107 e. The van der Waals surface area contributed by atoms with Crippen LogP contribution in [0.3, 0.4) is 0 Å². The van der Waals surface area contributed by atoms with E-state index in [0.29, 0.717) is 0 Å². The molecule has 0 bridgehead atoms. The highest BCUT2D eigenvalue weighted by atomic mass is 32.1. The highest BCUT2D eigenvalue weighted by Gasteiger charge is 2.32. The molecule has 1 aromatic carbocycles. The maximum absolute atomic E-state index is 4.80. The molecule has 4 rings (SSSR count). The van der Waals surface area contributed by atoms with Crippen molar-refractivity contribution >= 4 is 11.3 Å². The Labute approximate surface area is 136 Å². The minimum absolute atomic E-state index is 0.800. The van der Waals surface area contributed by atoms with Crippen LogP contribution in [0, 0.1) is 0 Å². The van der Waals surface area contributed by atoms with Gasteiger partial charge < -0.3 is 0 Å². The first-order chi connectivity index (χ1) is 10.9. The Morgan fingerprint density at radius 3 is 2.59 bits per heavy atom. The van der Waals surface area contributed by atoms with Crippen LogP contribution < -0.4 is 0 Å². The molecule has 2 aliphatic rings. The van der Waals surface area contributed by atoms with Crippen molar-refractivity contribution in [3.8, 4) is 11.3 Å². The smallest absolute Gasteiger partial charge is 0.107 e. The van der Waals surface area contributed by atoms with Gasteiger partial charge in [0.2, 0.25) is 0 Å². The van der Waals surface area contributed by atoms with E-state index in [0.717, 1.165) is 18.3 Å². The van der Waals surface area contributed by atoms with Crippen LogP contribution in [0.1, 0.15) is 24.3 Å². The predicted octanol–water partition coefficient (Wildman–Crippen LogP) is 3.48. The fourth-order valence-corrected chi connectivity index (χ4v) is 4.35. The van der Waals surface area contributed by atoms with Gasteiger partial charge in [-0.15, -0.1) is 11.3 Å². The van der Waals surface area contributed by atoms with Crippen molar-refractivity contribution in [2.75, 3.05) is 26.2 Å². The van der Waals surface area contributed by atoms with Crippen molar-refractivity contribution in [3.63, 3.8) is 0 Å². The van der Waals surface area contributed by atoms with Crippen LogP contribution in [-0.4, -0.2) is 47.0 Å². The van der Waals surface area contributed by atoms with Crippen molar-refractivity contribution < 1.29 is 0 Å². The summed E-state index contributed by atoms with van der Waals surface area (Å²) in [5.74, 6) is 0. The summed E-state index contributed by atoms with van der Waals surface area (Å²) in [6, 6.07) is 11.3. The molecule has 0 radical (unpaired) electrons. The first-order valence-corrected chi connectivity index (χ1v) is 9.23. The van der Waals surface area contributed by atoms with Crippen LogP contribution >= 0.6 is 11.3 Å². The molecular weight excluding hydrogens is 290 g/mol. The van der Waals surface area contributed by atoms with E-state index in [1.807, 2.05) is 0 Å². The average molecular weight is 313 g/mol. The van der Waals surface area contributed by atoms with Crippen molar-refractivity contribution in [1.29, 1.82) is 0 Å². The largest absolute Gasteiger partial charge is 0.298 e. The van der Waals surface area contributed by atoms with E-state index >= 15 is 0 Å². The van der Waals surface area contributed by atoms with Gasteiger partial charge in [0.1, 0.15) is 5.01 Å². The summed E-state index contributed by atoms with van der Waals surface area (Å²) in [6.07, 6.45) is 4.21. The van der Waals surface area contributed by atoms with Crippen LogP contribution in [0.5, 0.6) is 0 Å². The monoisotopic (exact) mass is 313 g/mol. The van der Waals surface area contributed by atoms with Gasteiger partial charge in [-0.1, -0.05) is 36.8 Å². The van der Waals surface area contributed by atoms with Crippen LogP contribution in [-0.2, 0) is 6.54 Å². The number of rotatable bonds is 4. The molecule has 0 amide bonds. The SMILES string of the molecule is c1ccc(-c2csc(CN3CC(N4CCCCC4)C3)n2)cc1. The first-order valence-electron chi connectivity index (χ1n) is 8.35. The third-order valence-corrected chi connectivity index (χ3v) is 5.66. The average Bonchev–Trinajstić information content (AvgIpc) is 3.01. The molecule has 2 saturated heterocycles. The van der Waals surface area contributed by atoms with Gasteiger partial charge in [0.25, 0.3) is 0 Å². The van der Waals surface area contributed by atoms with Gasteiger partial charge in [-0.3, -0.25) is 9.80 Å². The predicted molar refractivity (Wildman–Crippen MR) is 92.0 cm³/mol. The molecule has 116 valence electrons. The number of nitrogens with zero attached hydrogens (tertiary/aromatic N) is 3. The summed E-state index contributed by atoms with van der Waals surface area (Å²) < 4.78 is 0. The second kappa shape index (κ2) is 6.49. The fourth-order valence-electron chi connectivity index (χ4n) is 3.50. The van der Waals surface area contributed by atoms with E-state index in [4.69, 9.17) is 4.98 Å². The topological polar surface area (TPSA) is 19.4 Å². The minimum Gasteiger partial charge on any atom is -0.298 e. The molecule has 3 nitrogen and oxygen atoms in total. The molecule has 0 spiro atoms. The van der Waals surface area contributed by atoms with Crippen LogP contribution in [0.15, 0.2) is 35.7 Å². The zero-order chi connectivity index (χ0) is 14.8. The van der Waals surface area contributed by atoms with Gasteiger partial charge in [-0.05, 0) is 25.9 Å². The lowest BCUT2D eigenvalue weighted by atomic mass is 10.0. The molecule has 22 heavy (non-hydrogen) atoms. The van der Waals surface area contributed by atoms with Gasteiger partial charge in [0, 0.05) is 30.1 Å². The van der Waals surface area contributed by atoms with Gasteiger partial charge in [-0.2, -0.15) is 0 Å². The Hall–Kier alpha value is -1.23. The van der Waals surface area contributed by atoms with Crippen molar-refractivity contribution in [1.82, 2.24) is 14.8 Å². The van der Waals surface area contributed by atoms with Crippen molar-refractivity contribution in [2.24, 2.45) is 0 Å². The van der Waals surface area contributed by atoms with Crippen LogP contribution in [0.25, 0.3) is 11.3 Å². The molecule has 0 unspecified atom stereocenters. The van der Waals surface area contributed by atoms with Gasteiger partial charge in [0.05, 0.1) is 12.2 Å². The molecule has 4 heteroatoms. The fraction of sp³-hybridized carbons (Fsp3) is 0.500. The van der Waals surface area contributed by atoms with Gasteiger partial charge in [-0.25, -0.2) is 4.98 Å². The second-order valence-corrected chi connectivity index (χ2v) is 7.38. The number of hydrogen-bond acceptors (Lipinski definition) is 4. The Bertz CT molecular complexity index is 598. The molecule has 2 aliphatic heterocycles. The second-order valence-electron chi connectivity index (χ2n) is 6.44. The third-order valence-electron chi connectivity index (χ3n) is 4.83. The number of aromatic nitrogens is 1. The summed E-state index contributed by atoms with van der Waals surface area (Å²) >= 11 is 1.79. The summed E-state index contributed by atoms with van der Waals surface area (Å²) in [5.41, 5.74) is 2.34. The standard InChI is InChI=1S/C18H23N3S/c1-3-7-15(8-4-1)17-14-22-18(19-17)13-20-11-16(12-20)21-9-5-2-6-10-21/h1,3-4,7-8,14,16H,2,5-6,9-13H2. The number of benzene rings is 1. The summed E-state index contributed by atoms with van der Waals surface area (Å²) in [5, 5.41) is 3.43. The van der Waals surface area contributed by atoms with Gasteiger partial charge >= 0.3 is 0 Å². The first kappa shape index (κ1) is 14.4. The van der Waals surface area contributed by atoms with Crippen LogP contribution in [0.4, 0.5) is 0 Å². The molecule has 0 N–H and O–H groups in total. The number of likely N-dealkylation sites (tertiary alicyclic amines) is 2. The van der Waals surface area contributed by atoms with E-state index < -0.39 is 0 Å². The number of thiazole rings is 1. The normalized spacial score (nSPS) is 20.9. The van der Waals surface area contributed by atoms with Crippen molar-refractivity contribution in [3.05, 3.63) is 40.7 Å². The molecule has 1 aromatic heterocycles. The van der Waals surface area contributed by atoms with E-state index in [2.05, 4.69) is 45.5 Å². The Morgan fingerprint density at radius 1 is 1.05 bits per heavy atom. The van der Waals surface area contributed by atoms with Gasteiger partial charge in [0.15, 0.2) is 0 Å². The van der Waals surface area contributed by atoms with Crippen LogP contribution in [0.2, 0.25) is 0 Å². The van der Waals surface area contributed by atoms with E-state index in [1.54, 1.807) is 11.3 Å². The molecule has 2 aromatic rings. The highest BCUT2D eigenvalue weighted by molar-refractivity contribution is 7.09. The minimum atomic E-state index is 0.800. The Balaban J connectivity index is 1.31. The zero-order valence-electron chi connectivity index (χ0n) is 12.9. The number of hydrogen-bond donors (Lipinski definition) is 0. The highest BCUT2D eigenvalue weighted by Crippen LogP contribution is 2.25. The Morgan fingerprint density at radius 2 is 1.82 bits per heavy atom. The lowest BCUT2D eigenvalue weighted by molar-refractivity contribution is 0.0186. The van der Waals surface area contributed by atoms with E-state index in [1.165, 1.54) is 56.0 Å². The summed E-state index contributed by atoms with van der Waals surface area (Å²) in [6.45, 7) is 6.09. The Kier molecular flexibility index (Phi) is 4.24. The zero-order valence-corrected chi connectivity index (χ0v) is 13.8. The molecule has 0 saturated carbocycles. The quantitative estimate of drug-likeness (QED) is 0.861. The van der Waals surface area contributed by atoms with E-state index in [9.17, 15) is 0 Å². The summed E-state index contributed by atoms with van der Waals surface area (Å²) in [4.78, 5) is 10.0. The molecule has 0 atom stereocenters. The summed E-state index contributed by atoms with van der Waals surface area (Å²) in [7, 11) is 0.